The third kappa shape index (κ3) is 4.04. The van der Waals surface area contributed by atoms with Crippen molar-refractivity contribution in [1.29, 1.82) is 0 Å². The lowest BCUT2D eigenvalue weighted by molar-refractivity contribution is -0.115. The van der Waals surface area contributed by atoms with Crippen molar-refractivity contribution in [3.05, 3.63) is 65.2 Å². The number of fused-ring (bicyclic) bond motifs is 1. The van der Waals surface area contributed by atoms with Gasteiger partial charge in [0.15, 0.2) is 5.78 Å². The van der Waals surface area contributed by atoms with Crippen LogP contribution in [0.2, 0.25) is 0 Å². The van der Waals surface area contributed by atoms with E-state index in [1.807, 2.05) is 45.9 Å². The summed E-state index contributed by atoms with van der Waals surface area (Å²) in [5, 5.41) is 2.75. The van der Waals surface area contributed by atoms with Gasteiger partial charge < -0.3 is 5.32 Å². The van der Waals surface area contributed by atoms with Gasteiger partial charge in [-0.25, -0.2) is 0 Å². The molecule has 1 aliphatic rings. The second kappa shape index (κ2) is 8.78. The smallest absolute Gasteiger partial charge is 0.228 e. The van der Waals surface area contributed by atoms with Crippen molar-refractivity contribution in [3.8, 4) is 0 Å². The average Bonchev–Trinajstić information content (AvgIpc) is 2.97. The summed E-state index contributed by atoms with van der Waals surface area (Å²) in [7, 11) is 0. The van der Waals surface area contributed by atoms with Crippen LogP contribution in [0.25, 0.3) is 0 Å². The summed E-state index contributed by atoms with van der Waals surface area (Å²) in [6, 6.07) is 14.5. The first-order chi connectivity index (χ1) is 10.7. The molecule has 1 aliphatic heterocycles. The molecule has 0 fully saturated rings. The number of carbonyl (C=O) groups is 2. The minimum Gasteiger partial charge on any atom is -0.326 e. The summed E-state index contributed by atoms with van der Waals surface area (Å²) >= 11 is 0. The van der Waals surface area contributed by atoms with E-state index >= 15 is 0 Å². The summed E-state index contributed by atoms with van der Waals surface area (Å²) in [6.45, 7) is 8.00. The standard InChI is InChI=1S/C15H11NO2.2C2H6/c17-14-9-12-8-11(6-7-13(12)16-14)15(18)10-4-2-1-3-5-10;2*1-2/h1-8H,9H2,(H,16,17);2*1-2H3. The molecule has 0 aliphatic carbocycles. The molecule has 0 aromatic heterocycles. The Balaban J connectivity index is 0.000000561. The largest absolute Gasteiger partial charge is 0.326 e. The lowest BCUT2D eigenvalue weighted by atomic mass is 10.0. The normalized spacial score (nSPS) is 11.2. The minimum atomic E-state index is -0.0192. The van der Waals surface area contributed by atoms with Gasteiger partial charge in [0, 0.05) is 16.8 Å². The number of carbonyl (C=O) groups excluding carboxylic acids is 2. The van der Waals surface area contributed by atoms with E-state index in [9.17, 15) is 9.59 Å². The molecule has 0 unspecified atom stereocenters. The zero-order valence-corrected chi connectivity index (χ0v) is 13.6. The van der Waals surface area contributed by atoms with E-state index in [-0.39, 0.29) is 11.7 Å². The molecule has 1 N–H and O–H groups in total. The Morgan fingerprint density at radius 1 is 0.909 bits per heavy atom. The van der Waals surface area contributed by atoms with Crippen LogP contribution < -0.4 is 5.32 Å². The lowest BCUT2D eigenvalue weighted by Crippen LogP contribution is -2.03. The first-order valence-electron chi connectivity index (χ1n) is 7.76. The highest BCUT2D eigenvalue weighted by atomic mass is 16.1. The Kier molecular flexibility index (Phi) is 7.03. The number of amides is 1. The topological polar surface area (TPSA) is 46.2 Å². The van der Waals surface area contributed by atoms with E-state index in [0.717, 1.165) is 11.3 Å². The average molecular weight is 297 g/mol. The summed E-state index contributed by atoms with van der Waals surface area (Å²) in [5.74, 6) is -0.0351. The number of hydrogen-bond acceptors (Lipinski definition) is 2. The van der Waals surface area contributed by atoms with Gasteiger partial charge in [-0.3, -0.25) is 9.59 Å². The number of rotatable bonds is 2. The summed E-state index contributed by atoms with van der Waals surface area (Å²) in [4.78, 5) is 23.5. The molecule has 1 amide bonds. The maximum Gasteiger partial charge on any atom is 0.228 e. The molecule has 0 atom stereocenters. The molecular formula is C19H23NO2. The molecule has 2 aromatic rings. The molecule has 0 radical (unpaired) electrons. The number of nitrogens with one attached hydrogen (secondary N) is 1. The predicted octanol–water partition coefficient (Wildman–Crippen LogP) is 4.46. The van der Waals surface area contributed by atoms with Crippen LogP contribution in [0.5, 0.6) is 0 Å². The highest BCUT2D eigenvalue weighted by molar-refractivity contribution is 6.10. The summed E-state index contributed by atoms with van der Waals surface area (Å²) in [5.41, 5.74) is 2.98. The zero-order chi connectivity index (χ0) is 16.5. The van der Waals surface area contributed by atoms with Gasteiger partial charge in [0.25, 0.3) is 0 Å². The van der Waals surface area contributed by atoms with Gasteiger partial charge in [-0.15, -0.1) is 0 Å². The second-order valence-electron chi connectivity index (χ2n) is 4.29. The van der Waals surface area contributed by atoms with Crippen LogP contribution >= 0.6 is 0 Å². The number of anilines is 1. The fourth-order valence-corrected chi connectivity index (χ4v) is 2.13. The molecular weight excluding hydrogens is 274 g/mol. The molecule has 0 bridgehead atoms. The Morgan fingerprint density at radius 3 is 2.18 bits per heavy atom. The van der Waals surface area contributed by atoms with E-state index in [1.165, 1.54) is 0 Å². The Hall–Kier alpha value is -2.42. The van der Waals surface area contributed by atoms with Gasteiger partial charge in [0.05, 0.1) is 6.42 Å². The van der Waals surface area contributed by atoms with E-state index in [0.29, 0.717) is 17.5 Å². The fraction of sp³-hybridized carbons (Fsp3) is 0.263. The zero-order valence-electron chi connectivity index (χ0n) is 13.6. The molecule has 0 saturated heterocycles. The molecule has 3 heteroatoms. The maximum absolute atomic E-state index is 12.2. The molecule has 1 heterocycles. The van der Waals surface area contributed by atoms with Crippen LogP contribution in [-0.2, 0) is 11.2 Å². The van der Waals surface area contributed by atoms with Crippen molar-refractivity contribution in [3.63, 3.8) is 0 Å². The third-order valence-corrected chi connectivity index (χ3v) is 3.03. The highest BCUT2D eigenvalue weighted by Crippen LogP contribution is 2.24. The highest BCUT2D eigenvalue weighted by Gasteiger charge is 2.19. The fourth-order valence-electron chi connectivity index (χ4n) is 2.13. The van der Waals surface area contributed by atoms with Gasteiger partial charge >= 0.3 is 0 Å². The molecule has 116 valence electrons. The van der Waals surface area contributed by atoms with Crippen molar-refractivity contribution < 1.29 is 9.59 Å². The van der Waals surface area contributed by atoms with Crippen LogP contribution in [-0.4, -0.2) is 11.7 Å². The van der Waals surface area contributed by atoms with Gasteiger partial charge in [0.2, 0.25) is 5.91 Å². The Morgan fingerprint density at radius 2 is 1.55 bits per heavy atom. The maximum atomic E-state index is 12.2. The van der Waals surface area contributed by atoms with Gasteiger partial charge in [-0.1, -0.05) is 58.0 Å². The molecule has 0 spiro atoms. The first-order valence-corrected chi connectivity index (χ1v) is 7.76. The molecule has 2 aromatic carbocycles. The van der Waals surface area contributed by atoms with Gasteiger partial charge in [-0.2, -0.15) is 0 Å². The molecule has 22 heavy (non-hydrogen) atoms. The first kappa shape index (κ1) is 17.6. The van der Waals surface area contributed by atoms with Crippen molar-refractivity contribution >= 4 is 17.4 Å². The van der Waals surface area contributed by atoms with Crippen LogP contribution in [0.4, 0.5) is 5.69 Å². The molecule has 3 nitrogen and oxygen atoms in total. The van der Waals surface area contributed by atoms with Crippen molar-refractivity contribution in [2.45, 2.75) is 34.1 Å². The van der Waals surface area contributed by atoms with Crippen molar-refractivity contribution in [2.75, 3.05) is 5.32 Å². The lowest BCUT2D eigenvalue weighted by Gasteiger charge is -2.03. The monoisotopic (exact) mass is 297 g/mol. The van der Waals surface area contributed by atoms with Crippen molar-refractivity contribution in [1.82, 2.24) is 0 Å². The van der Waals surface area contributed by atoms with Crippen LogP contribution in [0, 0.1) is 0 Å². The van der Waals surface area contributed by atoms with Crippen LogP contribution in [0.1, 0.15) is 49.2 Å². The van der Waals surface area contributed by atoms with E-state index < -0.39 is 0 Å². The SMILES string of the molecule is CC.CC.O=C1Cc2cc(C(=O)c3ccccc3)ccc2N1. The van der Waals surface area contributed by atoms with Crippen LogP contribution in [0.15, 0.2) is 48.5 Å². The molecule has 0 saturated carbocycles. The number of ketones is 1. The van der Waals surface area contributed by atoms with E-state index in [1.54, 1.807) is 30.3 Å². The van der Waals surface area contributed by atoms with Crippen LogP contribution in [0.3, 0.4) is 0 Å². The predicted molar refractivity (Wildman–Crippen MR) is 91.3 cm³/mol. The number of hydrogen-bond donors (Lipinski definition) is 1. The third-order valence-electron chi connectivity index (χ3n) is 3.03. The van der Waals surface area contributed by atoms with Crippen molar-refractivity contribution in [2.24, 2.45) is 0 Å². The van der Waals surface area contributed by atoms with E-state index in [4.69, 9.17) is 0 Å². The minimum absolute atomic E-state index is 0.0160. The number of benzene rings is 2. The van der Waals surface area contributed by atoms with Gasteiger partial charge in [0.1, 0.15) is 0 Å². The summed E-state index contributed by atoms with van der Waals surface area (Å²) < 4.78 is 0. The summed E-state index contributed by atoms with van der Waals surface area (Å²) in [6.07, 6.45) is 0.352. The Bertz CT molecular complexity index is 633. The molecule has 3 rings (SSSR count). The Labute approximate surface area is 132 Å². The van der Waals surface area contributed by atoms with Gasteiger partial charge in [-0.05, 0) is 23.8 Å². The van der Waals surface area contributed by atoms with E-state index in [2.05, 4.69) is 5.32 Å². The second-order valence-corrected chi connectivity index (χ2v) is 4.29. The quantitative estimate of drug-likeness (QED) is 0.832.